The molecule has 0 atom stereocenters. The molecule has 0 radical (unpaired) electrons. The number of likely N-dealkylation sites (N-methyl/N-ethyl adjacent to an activating group) is 1. The summed E-state index contributed by atoms with van der Waals surface area (Å²) in [6.07, 6.45) is 0.937. The summed E-state index contributed by atoms with van der Waals surface area (Å²) in [5.41, 5.74) is 5.46. The van der Waals surface area contributed by atoms with Crippen molar-refractivity contribution < 1.29 is 0 Å². The van der Waals surface area contributed by atoms with Gasteiger partial charge < -0.3 is 21.3 Å². The minimum Gasteiger partial charge on any atom is -0.370 e. The van der Waals surface area contributed by atoms with E-state index in [9.17, 15) is 0 Å². The van der Waals surface area contributed by atoms with Crippen LogP contribution in [0.4, 0.5) is 11.6 Å². The molecule has 1 heterocycles. The number of hydrogen-bond acceptors (Lipinski definition) is 6. The summed E-state index contributed by atoms with van der Waals surface area (Å²) in [4.78, 5) is 10.8. The Labute approximate surface area is 109 Å². The average Bonchev–Trinajstić information content (AvgIpc) is 2.28. The zero-order chi connectivity index (χ0) is 13.4. The molecule has 1 aromatic rings. The molecule has 0 aliphatic rings. The van der Waals surface area contributed by atoms with E-state index in [1.807, 2.05) is 27.1 Å². The van der Waals surface area contributed by atoms with Crippen LogP contribution in [0.2, 0.25) is 0 Å². The average molecular weight is 252 g/mol. The summed E-state index contributed by atoms with van der Waals surface area (Å²) in [5, 5.41) is 6.53. The molecule has 0 bridgehead atoms. The van der Waals surface area contributed by atoms with Gasteiger partial charge in [0.1, 0.15) is 17.5 Å². The van der Waals surface area contributed by atoms with Gasteiger partial charge in [-0.15, -0.1) is 0 Å². The molecule has 0 unspecified atom stereocenters. The predicted molar refractivity (Wildman–Crippen MR) is 76.0 cm³/mol. The largest absolute Gasteiger partial charge is 0.370 e. The lowest BCUT2D eigenvalue weighted by molar-refractivity contribution is 0.425. The number of aryl methyl sites for hydroxylation is 1. The fraction of sp³-hybridized carbons (Fsp3) is 0.667. The highest BCUT2D eigenvalue weighted by molar-refractivity contribution is 5.47. The van der Waals surface area contributed by atoms with Crippen molar-refractivity contribution in [1.82, 2.24) is 14.9 Å². The van der Waals surface area contributed by atoms with Gasteiger partial charge in [0.15, 0.2) is 0 Å². The molecule has 0 aromatic carbocycles. The molecule has 0 saturated carbocycles. The van der Waals surface area contributed by atoms with Crippen LogP contribution in [0, 0.1) is 6.92 Å². The maximum atomic E-state index is 5.46. The van der Waals surface area contributed by atoms with Crippen LogP contribution in [0.25, 0.3) is 0 Å². The molecular weight excluding hydrogens is 228 g/mol. The molecule has 18 heavy (non-hydrogen) atoms. The van der Waals surface area contributed by atoms with Crippen molar-refractivity contribution in [1.29, 1.82) is 0 Å². The molecule has 0 aliphatic heterocycles. The van der Waals surface area contributed by atoms with Gasteiger partial charge in [0, 0.05) is 25.7 Å². The molecule has 4 N–H and O–H groups in total. The predicted octanol–water partition coefficient (Wildman–Crippen LogP) is 0.519. The summed E-state index contributed by atoms with van der Waals surface area (Å²) < 4.78 is 0. The van der Waals surface area contributed by atoms with E-state index in [1.54, 1.807) is 0 Å². The number of rotatable bonds is 8. The van der Waals surface area contributed by atoms with Crippen molar-refractivity contribution in [3.05, 3.63) is 11.9 Å². The van der Waals surface area contributed by atoms with E-state index < -0.39 is 0 Å². The molecular formula is C12H24N6. The molecule has 0 spiro atoms. The first-order chi connectivity index (χ1) is 8.61. The smallest absolute Gasteiger partial charge is 0.131 e. The van der Waals surface area contributed by atoms with Crippen molar-refractivity contribution in [3.63, 3.8) is 0 Å². The summed E-state index contributed by atoms with van der Waals surface area (Å²) in [7, 11) is 4.10. The summed E-state index contributed by atoms with van der Waals surface area (Å²) >= 11 is 0. The zero-order valence-electron chi connectivity index (χ0n) is 11.5. The Morgan fingerprint density at radius 3 is 2.33 bits per heavy atom. The minimum atomic E-state index is 0.686. The number of anilines is 2. The number of nitrogens with two attached hydrogens (primary N) is 1. The third-order valence-electron chi connectivity index (χ3n) is 2.39. The molecule has 0 amide bonds. The van der Waals surface area contributed by atoms with E-state index in [0.29, 0.717) is 6.54 Å². The highest BCUT2D eigenvalue weighted by Crippen LogP contribution is 2.10. The lowest BCUT2D eigenvalue weighted by Gasteiger charge is -2.12. The van der Waals surface area contributed by atoms with Gasteiger partial charge in [0.2, 0.25) is 0 Å². The number of nitrogens with zero attached hydrogens (tertiary/aromatic N) is 3. The first-order valence-corrected chi connectivity index (χ1v) is 6.30. The highest BCUT2D eigenvalue weighted by atomic mass is 15.1. The van der Waals surface area contributed by atoms with E-state index in [0.717, 1.165) is 43.5 Å². The number of hydrogen-bond donors (Lipinski definition) is 3. The second-order valence-corrected chi connectivity index (χ2v) is 4.48. The molecule has 6 heteroatoms. The van der Waals surface area contributed by atoms with Crippen LogP contribution < -0.4 is 16.4 Å². The number of nitrogens with one attached hydrogen (secondary N) is 2. The van der Waals surface area contributed by atoms with Crippen LogP contribution in [-0.2, 0) is 0 Å². The fourth-order valence-electron chi connectivity index (χ4n) is 1.47. The van der Waals surface area contributed by atoms with Crippen molar-refractivity contribution in [2.24, 2.45) is 5.73 Å². The van der Waals surface area contributed by atoms with Crippen LogP contribution in [0.15, 0.2) is 6.07 Å². The van der Waals surface area contributed by atoms with Crippen molar-refractivity contribution in [2.75, 3.05) is 50.9 Å². The van der Waals surface area contributed by atoms with Gasteiger partial charge in [-0.2, -0.15) is 0 Å². The molecule has 102 valence electrons. The Balaban J connectivity index is 2.51. The van der Waals surface area contributed by atoms with Crippen LogP contribution >= 0.6 is 0 Å². The van der Waals surface area contributed by atoms with Gasteiger partial charge in [0.05, 0.1) is 0 Å². The Morgan fingerprint density at radius 1 is 1.17 bits per heavy atom. The minimum absolute atomic E-state index is 0.686. The molecule has 0 aliphatic carbocycles. The zero-order valence-corrected chi connectivity index (χ0v) is 11.5. The SMILES string of the molecule is Cc1nc(NCCCN)cc(NCCN(C)C)n1. The number of aromatic nitrogens is 2. The van der Waals surface area contributed by atoms with Crippen LogP contribution in [-0.4, -0.2) is 55.1 Å². The standard InChI is InChI=1S/C12H24N6/c1-10-16-11(14-6-4-5-13)9-12(17-10)15-7-8-18(2)3/h9H,4-8,13H2,1-3H3,(H2,14,15,16,17). The fourth-order valence-corrected chi connectivity index (χ4v) is 1.47. The molecule has 6 nitrogen and oxygen atoms in total. The first-order valence-electron chi connectivity index (χ1n) is 6.30. The Bertz CT molecular complexity index is 352. The van der Waals surface area contributed by atoms with Crippen LogP contribution in [0.1, 0.15) is 12.2 Å². The van der Waals surface area contributed by atoms with Gasteiger partial charge >= 0.3 is 0 Å². The van der Waals surface area contributed by atoms with Gasteiger partial charge in [-0.1, -0.05) is 0 Å². The second-order valence-electron chi connectivity index (χ2n) is 4.48. The topological polar surface area (TPSA) is 79.1 Å². The van der Waals surface area contributed by atoms with Gasteiger partial charge in [-0.25, -0.2) is 9.97 Å². The monoisotopic (exact) mass is 252 g/mol. The summed E-state index contributed by atoms with van der Waals surface area (Å²) in [6.45, 7) is 5.25. The Kier molecular flexibility index (Phi) is 6.38. The first kappa shape index (κ1) is 14.7. The van der Waals surface area contributed by atoms with Crippen molar-refractivity contribution >= 4 is 11.6 Å². The van der Waals surface area contributed by atoms with E-state index in [1.165, 1.54) is 0 Å². The van der Waals surface area contributed by atoms with Crippen LogP contribution in [0.3, 0.4) is 0 Å². The highest BCUT2D eigenvalue weighted by Gasteiger charge is 2.01. The lowest BCUT2D eigenvalue weighted by Crippen LogP contribution is -2.21. The maximum absolute atomic E-state index is 5.46. The summed E-state index contributed by atoms with van der Waals surface area (Å²) in [5.74, 6) is 2.48. The summed E-state index contributed by atoms with van der Waals surface area (Å²) in [6, 6.07) is 1.93. The van der Waals surface area contributed by atoms with E-state index in [2.05, 4.69) is 25.5 Å². The van der Waals surface area contributed by atoms with Crippen LogP contribution in [0.5, 0.6) is 0 Å². The van der Waals surface area contributed by atoms with Gasteiger partial charge in [-0.05, 0) is 34.0 Å². The molecule has 1 rings (SSSR count). The maximum Gasteiger partial charge on any atom is 0.131 e. The third-order valence-corrected chi connectivity index (χ3v) is 2.39. The van der Waals surface area contributed by atoms with Crippen molar-refractivity contribution in [2.45, 2.75) is 13.3 Å². The Morgan fingerprint density at radius 2 is 1.78 bits per heavy atom. The molecule has 1 aromatic heterocycles. The van der Waals surface area contributed by atoms with E-state index >= 15 is 0 Å². The second kappa shape index (κ2) is 7.84. The lowest BCUT2D eigenvalue weighted by atomic mass is 10.4. The van der Waals surface area contributed by atoms with Crippen molar-refractivity contribution in [3.8, 4) is 0 Å². The van der Waals surface area contributed by atoms with Gasteiger partial charge in [-0.3, -0.25) is 0 Å². The molecule has 0 saturated heterocycles. The molecule has 0 fully saturated rings. The third kappa shape index (κ3) is 5.79. The van der Waals surface area contributed by atoms with E-state index in [-0.39, 0.29) is 0 Å². The quantitative estimate of drug-likeness (QED) is 0.585. The normalized spacial score (nSPS) is 10.7. The van der Waals surface area contributed by atoms with Gasteiger partial charge in [0.25, 0.3) is 0 Å². The Hall–Kier alpha value is -1.40. The van der Waals surface area contributed by atoms with E-state index in [4.69, 9.17) is 5.73 Å².